The maximum atomic E-state index is 12.7. The topological polar surface area (TPSA) is 424 Å². The minimum Gasteiger partial charge on any atom is -0.547 e. The maximum Gasteiger partial charge on any atom is 1.00 e. The number of aromatic nitrogens is 4. The SMILES string of the molecule is CC(O)(CCC(=O)SCCNC(=O)CCNC(=O)C(O)C(C)(C)COP(=O)(O)OP(=O)(O)OC[C@H]1O[C@@H](n2cnc3c(N)ncnc32)[C@H](O)[C@@H]1OP(=O)(O)O)C(=O)[O-].[Na+]. The number of anilines is 1. The summed E-state index contributed by atoms with van der Waals surface area (Å²) in [4.78, 5) is 98.1. The molecule has 0 saturated carbocycles. The number of hydrogen-bond donors (Lipinski definition) is 10. The number of carbonyl (C=O) groups excluding carboxylic acids is 4. The second-order valence-electron chi connectivity index (χ2n) is 13.4. The van der Waals surface area contributed by atoms with Crippen molar-refractivity contribution in [2.24, 2.45) is 5.41 Å². The Kier molecular flexibility index (Phi) is 19.7. The molecule has 59 heavy (non-hydrogen) atoms. The van der Waals surface area contributed by atoms with E-state index in [1.807, 2.05) is 0 Å². The summed E-state index contributed by atoms with van der Waals surface area (Å²) in [5.41, 5.74) is 2.01. The number of carbonyl (C=O) groups is 4. The number of ether oxygens (including phenoxy) is 1. The Morgan fingerprint density at radius 3 is 2.31 bits per heavy atom. The summed E-state index contributed by atoms with van der Waals surface area (Å²) in [6.45, 7) is 1.09. The van der Waals surface area contributed by atoms with Crippen LogP contribution in [0.5, 0.6) is 0 Å². The van der Waals surface area contributed by atoms with Crippen LogP contribution >= 0.6 is 35.2 Å². The Balaban J connectivity index is 0.0000120. The minimum atomic E-state index is -5.60. The van der Waals surface area contributed by atoms with Crippen molar-refractivity contribution in [1.29, 1.82) is 0 Å². The van der Waals surface area contributed by atoms with Gasteiger partial charge in [0.25, 0.3) is 0 Å². The molecule has 27 nitrogen and oxygen atoms in total. The monoisotopic (exact) mass is 933 g/mol. The Morgan fingerprint density at radius 1 is 1.03 bits per heavy atom. The van der Waals surface area contributed by atoms with Crippen molar-refractivity contribution in [1.82, 2.24) is 30.2 Å². The molecule has 32 heteroatoms. The van der Waals surface area contributed by atoms with Gasteiger partial charge in [0.05, 0.1) is 25.5 Å². The molecule has 0 bridgehead atoms. The summed E-state index contributed by atoms with van der Waals surface area (Å²) < 4.78 is 62.0. The number of nitrogens with zero attached hydrogens (tertiary/aromatic N) is 4. The molecule has 328 valence electrons. The van der Waals surface area contributed by atoms with Gasteiger partial charge in [-0.3, -0.25) is 32.5 Å². The molecule has 0 radical (unpaired) electrons. The molecule has 0 aliphatic carbocycles. The van der Waals surface area contributed by atoms with Crippen LogP contribution in [-0.4, -0.2) is 139 Å². The number of aliphatic hydroxyl groups excluding tert-OH is 2. The van der Waals surface area contributed by atoms with E-state index in [1.54, 1.807) is 0 Å². The largest absolute Gasteiger partial charge is 1.00 e. The standard InChI is InChI=1S/C27H44N7O20P3S.Na/c1-26(2,20(38)23(39)30-7-5-15(35)29-8-9-58-16(36)4-6-27(3,42)25(40)41)11-51-57(48,49)54-56(46,47)50-10-14-19(53-55(43,44)45)18(37)24(52-14)34-13-33-17-21(28)31-12-32-22(17)34;/h12-14,18-20,24,37-38,42H,4-11H2,1-3H3,(H,29,35)(H,30,39)(H,40,41)(H,46,47)(H,48,49)(H2,28,31,32)(H2,43,44,45);/q;+1/p-1/t14-,18-,19-,20?,24-,27?;/m1./s1. The second-order valence-corrected chi connectivity index (χ2v) is 18.7. The molecular formula is C27H43N7NaO20P3S. The molecule has 1 saturated heterocycles. The predicted octanol–water partition coefficient (Wildman–Crippen LogP) is -6.05. The molecular weight excluding hydrogens is 890 g/mol. The van der Waals surface area contributed by atoms with Gasteiger partial charge in [-0.1, -0.05) is 25.6 Å². The number of fused-ring (bicyclic) bond motifs is 1. The van der Waals surface area contributed by atoms with E-state index in [0.717, 1.165) is 35.9 Å². The summed E-state index contributed by atoms with van der Waals surface area (Å²) >= 11 is 0.798. The van der Waals surface area contributed by atoms with Crippen LogP contribution in [0.4, 0.5) is 5.82 Å². The van der Waals surface area contributed by atoms with Gasteiger partial charge < -0.3 is 65.9 Å². The molecule has 1 aliphatic heterocycles. The Labute approximate surface area is 360 Å². The van der Waals surface area contributed by atoms with Gasteiger partial charge in [0.1, 0.15) is 41.9 Å². The van der Waals surface area contributed by atoms with Crippen molar-refractivity contribution in [3.63, 3.8) is 0 Å². The third-order valence-electron chi connectivity index (χ3n) is 8.02. The quantitative estimate of drug-likeness (QED) is 0.0282. The number of aliphatic carboxylic acids is 1. The Hall–Kier alpha value is -2.01. The van der Waals surface area contributed by atoms with E-state index >= 15 is 0 Å². The number of thioether (sulfide) groups is 1. The van der Waals surface area contributed by atoms with E-state index in [-0.39, 0.29) is 84.6 Å². The van der Waals surface area contributed by atoms with E-state index in [9.17, 15) is 72.9 Å². The molecule has 1 aliphatic rings. The second kappa shape index (κ2) is 21.9. The fourth-order valence-corrected chi connectivity index (χ4v) is 8.32. The third-order valence-corrected chi connectivity index (χ3v) is 12.1. The zero-order chi connectivity index (χ0) is 43.9. The first kappa shape index (κ1) is 53.1. The van der Waals surface area contributed by atoms with Gasteiger partial charge in [0.15, 0.2) is 22.8 Å². The maximum absolute atomic E-state index is 12.7. The molecule has 11 N–H and O–H groups in total. The fraction of sp³-hybridized carbons (Fsp3) is 0.667. The van der Waals surface area contributed by atoms with E-state index in [4.69, 9.17) is 19.5 Å². The molecule has 0 spiro atoms. The summed E-state index contributed by atoms with van der Waals surface area (Å²) in [6, 6.07) is 0. The molecule has 3 heterocycles. The number of aliphatic hydroxyl groups is 3. The van der Waals surface area contributed by atoms with Crippen LogP contribution in [0.3, 0.4) is 0 Å². The Bertz CT molecular complexity index is 1960. The predicted molar refractivity (Wildman–Crippen MR) is 192 cm³/mol. The first-order valence-corrected chi connectivity index (χ1v) is 22.1. The van der Waals surface area contributed by atoms with Crippen LogP contribution in [0.2, 0.25) is 0 Å². The summed E-state index contributed by atoms with van der Waals surface area (Å²) in [7, 11) is -16.5. The molecule has 2 amide bonds. The van der Waals surface area contributed by atoms with Crippen LogP contribution in [0.1, 0.15) is 46.3 Å². The Morgan fingerprint density at radius 2 is 1.68 bits per heavy atom. The van der Waals surface area contributed by atoms with Crippen LogP contribution in [0.15, 0.2) is 12.7 Å². The number of carboxylic acids is 1. The molecule has 4 unspecified atom stereocenters. The van der Waals surface area contributed by atoms with Crippen molar-refractivity contribution in [2.75, 3.05) is 37.8 Å². The number of nitrogens with one attached hydrogen (secondary N) is 2. The van der Waals surface area contributed by atoms with Crippen LogP contribution in [-0.2, 0) is 55.5 Å². The minimum absolute atomic E-state index is 0. The third kappa shape index (κ3) is 16.3. The van der Waals surface area contributed by atoms with Crippen LogP contribution in [0.25, 0.3) is 11.2 Å². The summed E-state index contributed by atoms with van der Waals surface area (Å²) in [5, 5.41) is 46.1. The smallest absolute Gasteiger partial charge is 0.547 e. The first-order chi connectivity index (χ1) is 26.6. The van der Waals surface area contributed by atoms with Crippen molar-refractivity contribution < 1.29 is 125 Å². The summed E-state index contributed by atoms with van der Waals surface area (Å²) in [6.07, 6.45) is -7.79. The number of hydrogen-bond acceptors (Lipinski definition) is 21. The van der Waals surface area contributed by atoms with Gasteiger partial charge in [-0.2, -0.15) is 4.31 Å². The van der Waals surface area contributed by atoms with Crippen LogP contribution < -0.4 is 51.0 Å². The van der Waals surface area contributed by atoms with Gasteiger partial charge in [0, 0.05) is 37.1 Å². The van der Waals surface area contributed by atoms with E-state index in [1.165, 1.54) is 13.8 Å². The van der Waals surface area contributed by atoms with Gasteiger partial charge in [-0.25, -0.2) is 28.6 Å². The van der Waals surface area contributed by atoms with E-state index < -0.39 is 101 Å². The zero-order valence-corrected chi connectivity index (χ0v) is 37.3. The molecule has 8 atom stereocenters. The molecule has 0 aromatic carbocycles. The van der Waals surface area contributed by atoms with Crippen molar-refractivity contribution in [3.8, 4) is 0 Å². The van der Waals surface area contributed by atoms with Gasteiger partial charge in [-0.15, -0.1) is 0 Å². The van der Waals surface area contributed by atoms with Gasteiger partial charge >= 0.3 is 53.0 Å². The number of imidazole rings is 1. The van der Waals surface area contributed by atoms with Crippen LogP contribution in [0, 0.1) is 5.41 Å². The van der Waals surface area contributed by atoms with E-state index in [2.05, 4.69) is 34.4 Å². The normalized spacial score (nSPS) is 22.0. The van der Waals surface area contributed by atoms with Crippen molar-refractivity contribution in [2.45, 2.75) is 76.3 Å². The first-order valence-electron chi connectivity index (χ1n) is 16.6. The molecule has 2 aromatic heterocycles. The van der Waals surface area contributed by atoms with Crippen molar-refractivity contribution in [3.05, 3.63) is 12.7 Å². The van der Waals surface area contributed by atoms with Gasteiger partial charge in [-0.05, 0) is 13.3 Å². The molecule has 3 rings (SSSR count). The number of phosphoric ester groups is 3. The molecule has 2 aromatic rings. The molecule has 1 fully saturated rings. The van der Waals surface area contributed by atoms with E-state index in [0.29, 0.717) is 0 Å². The summed E-state index contributed by atoms with van der Waals surface area (Å²) in [5.74, 6) is -3.24. The number of amides is 2. The fourth-order valence-electron chi connectivity index (χ4n) is 4.81. The zero-order valence-electron chi connectivity index (χ0n) is 31.8. The van der Waals surface area contributed by atoms with Crippen molar-refractivity contribution >= 4 is 75.1 Å². The average Bonchev–Trinajstić information content (AvgIpc) is 3.67. The number of nitrogen functional groups attached to an aromatic ring is 1. The number of nitrogens with two attached hydrogens (primary N) is 1. The number of phosphoric acid groups is 3. The van der Waals surface area contributed by atoms with Gasteiger partial charge in [0.2, 0.25) is 11.8 Å². The average molecular weight is 934 g/mol. The number of carboxylic acid groups (broad SMARTS) is 1. The number of rotatable bonds is 23.